The number of carbonyl (C=O) groups excluding carboxylic acids is 2. The van der Waals surface area contributed by atoms with Crippen molar-refractivity contribution in [2.75, 3.05) is 5.32 Å². The fourth-order valence-corrected chi connectivity index (χ4v) is 2.17. The molecule has 0 heterocycles. The maximum Gasteiger partial charge on any atom is 0.229 e. The molecule has 5 nitrogen and oxygen atoms in total. The van der Waals surface area contributed by atoms with Gasteiger partial charge in [0, 0.05) is 16.7 Å². The number of amides is 1. The van der Waals surface area contributed by atoms with Crippen LogP contribution in [-0.2, 0) is 4.79 Å². The zero-order chi connectivity index (χ0) is 19.3. The van der Waals surface area contributed by atoms with Gasteiger partial charge in [0.05, 0.1) is 11.6 Å². The number of rotatable bonds is 5. The van der Waals surface area contributed by atoms with Crippen molar-refractivity contribution in [3.63, 3.8) is 0 Å². The van der Waals surface area contributed by atoms with Crippen LogP contribution in [0.4, 0.5) is 5.69 Å². The van der Waals surface area contributed by atoms with Crippen molar-refractivity contribution in [2.45, 2.75) is 33.8 Å². The van der Waals surface area contributed by atoms with Crippen molar-refractivity contribution in [2.24, 2.45) is 5.41 Å². The van der Waals surface area contributed by atoms with E-state index in [-0.39, 0.29) is 11.7 Å². The van der Waals surface area contributed by atoms with Crippen molar-refractivity contribution in [3.8, 4) is 11.8 Å². The molecule has 5 heteroatoms. The van der Waals surface area contributed by atoms with Crippen molar-refractivity contribution in [1.82, 2.24) is 0 Å². The molecule has 0 aliphatic rings. The second-order valence-electron chi connectivity index (χ2n) is 7.05. The van der Waals surface area contributed by atoms with Crippen molar-refractivity contribution in [1.29, 1.82) is 5.26 Å². The Morgan fingerprint density at radius 1 is 1.12 bits per heavy atom. The Labute approximate surface area is 153 Å². The molecular weight excluding hydrogens is 328 g/mol. The fourth-order valence-electron chi connectivity index (χ4n) is 2.17. The summed E-state index contributed by atoms with van der Waals surface area (Å²) in [6, 6.07) is 15.4. The number of nitrogens with zero attached hydrogens (tertiary/aromatic N) is 1. The Morgan fingerprint density at radius 2 is 1.77 bits per heavy atom. The van der Waals surface area contributed by atoms with Gasteiger partial charge in [-0.2, -0.15) is 5.26 Å². The van der Waals surface area contributed by atoms with Crippen LogP contribution in [0, 0.1) is 16.7 Å². The first-order valence-corrected chi connectivity index (χ1v) is 8.33. The summed E-state index contributed by atoms with van der Waals surface area (Å²) in [5.41, 5.74) is 1.11. The summed E-state index contributed by atoms with van der Waals surface area (Å²) < 4.78 is 5.64. The second kappa shape index (κ2) is 7.83. The summed E-state index contributed by atoms with van der Waals surface area (Å²) in [5.74, 6) is 0.200. The predicted molar refractivity (Wildman–Crippen MR) is 100 cm³/mol. The van der Waals surface area contributed by atoms with Gasteiger partial charge in [-0.05, 0) is 49.4 Å². The minimum atomic E-state index is -0.695. The van der Waals surface area contributed by atoms with Gasteiger partial charge in [-0.15, -0.1) is 0 Å². The molecule has 1 amide bonds. The molecule has 0 fully saturated rings. The number of Topliss-reactive ketones (excluding diaryl/α,β-unsaturated/α-hetero) is 1. The van der Waals surface area contributed by atoms with E-state index in [9.17, 15) is 9.59 Å². The molecule has 1 atom stereocenters. The van der Waals surface area contributed by atoms with Crippen LogP contribution in [0.2, 0.25) is 0 Å². The Balaban J connectivity index is 2.04. The van der Waals surface area contributed by atoms with E-state index in [4.69, 9.17) is 10.00 Å². The van der Waals surface area contributed by atoms with E-state index < -0.39 is 11.5 Å². The summed E-state index contributed by atoms with van der Waals surface area (Å²) in [6.45, 7) is 7.17. The lowest BCUT2D eigenvalue weighted by Gasteiger charge is -2.18. The Kier molecular flexibility index (Phi) is 5.78. The first-order chi connectivity index (χ1) is 12.2. The highest BCUT2D eigenvalue weighted by Gasteiger charge is 2.21. The molecule has 2 aromatic rings. The minimum Gasteiger partial charge on any atom is -0.483 e. The number of ether oxygens (including phenoxy) is 1. The highest BCUT2D eigenvalue weighted by Crippen LogP contribution is 2.19. The molecule has 0 aliphatic carbocycles. The molecule has 0 aliphatic heterocycles. The van der Waals surface area contributed by atoms with Gasteiger partial charge >= 0.3 is 0 Å². The number of ketones is 1. The smallest absolute Gasteiger partial charge is 0.229 e. The van der Waals surface area contributed by atoms with Crippen LogP contribution in [0.1, 0.15) is 43.6 Å². The van der Waals surface area contributed by atoms with E-state index in [2.05, 4.69) is 5.32 Å². The van der Waals surface area contributed by atoms with Crippen LogP contribution in [0.25, 0.3) is 0 Å². The van der Waals surface area contributed by atoms with E-state index in [1.54, 1.807) is 55.5 Å². The highest BCUT2D eigenvalue weighted by molar-refractivity contribution is 6.00. The van der Waals surface area contributed by atoms with E-state index >= 15 is 0 Å². The molecule has 0 unspecified atom stereocenters. The number of benzene rings is 2. The first-order valence-electron chi connectivity index (χ1n) is 8.33. The van der Waals surface area contributed by atoms with Crippen molar-refractivity contribution < 1.29 is 14.3 Å². The van der Waals surface area contributed by atoms with Gasteiger partial charge in [0.15, 0.2) is 6.10 Å². The van der Waals surface area contributed by atoms with Crippen LogP contribution in [0.15, 0.2) is 48.5 Å². The molecule has 0 saturated carbocycles. The zero-order valence-electron chi connectivity index (χ0n) is 15.4. The standard InChI is InChI=1S/C21H22N2O3/c1-14(26-18-7-5-6-15(12-18)13-22)19(24)16-8-10-17(11-9-16)23-20(25)21(2,3)4/h5-12,14H,1-4H3,(H,23,25)/t14-/m0/s1. The highest BCUT2D eigenvalue weighted by atomic mass is 16.5. The van der Waals surface area contributed by atoms with Crippen molar-refractivity contribution in [3.05, 3.63) is 59.7 Å². The number of carbonyl (C=O) groups is 2. The number of nitrogens with one attached hydrogen (secondary N) is 1. The molecule has 0 spiro atoms. The van der Waals surface area contributed by atoms with Gasteiger partial charge < -0.3 is 10.1 Å². The lowest BCUT2D eigenvalue weighted by molar-refractivity contribution is -0.123. The number of hydrogen-bond acceptors (Lipinski definition) is 4. The monoisotopic (exact) mass is 350 g/mol. The summed E-state index contributed by atoms with van der Waals surface area (Å²) in [4.78, 5) is 24.5. The minimum absolute atomic E-state index is 0.0920. The van der Waals surface area contributed by atoms with Crippen LogP contribution < -0.4 is 10.1 Å². The Bertz CT molecular complexity index is 843. The van der Waals surface area contributed by atoms with E-state index in [0.29, 0.717) is 22.6 Å². The topological polar surface area (TPSA) is 79.2 Å². The molecule has 26 heavy (non-hydrogen) atoms. The van der Waals surface area contributed by atoms with Gasteiger partial charge in [0.2, 0.25) is 11.7 Å². The molecule has 134 valence electrons. The van der Waals surface area contributed by atoms with Gasteiger partial charge in [0.25, 0.3) is 0 Å². The average Bonchev–Trinajstić information content (AvgIpc) is 2.61. The molecule has 2 aromatic carbocycles. The maximum absolute atomic E-state index is 12.5. The number of hydrogen-bond donors (Lipinski definition) is 1. The Morgan fingerprint density at radius 3 is 2.35 bits per heavy atom. The molecule has 2 rings (SSSR count). The quantitative estimate of drug-likeness (QED) is 0.820. The lowest BCUT2D eigenvalue weighted by Crippen LogP contribution is -2.27. The molecule has 0 aromatic heterocycles. The van der Waals surface area contributed by atoms with Gasteiger partial charge in [-0.25, -0.2) is 0 Å². The van der Waals surface area contributed by atoms with E-state index in [1.807, 2.05) is 26.8 Å². The molecule has 0 bridgehead atoms. The summed E-state index contributed by atoms with van der Waals surface area (Å²) >= 11 is 0. The third kappa shape index (κ3) is 4.93. The molecule has 0 radical (unpaired) electrons. The van der Waals surface area contributed by atoms with Gasteiger partial charge in [-0.1, -0.05) is 26.8 Å². The van der Waals surface area contributed by atoms with Gasteiger partial charge in [-0.3, -0.25) is 9.59 Å². The van der Waals surface area contributed by atoms with Crippen LogP contribution in [0.5, 0.6) is 5.75 Å². The number of anilines is 1. The van der Waals surface area contributed by atoms with Crippen LogP contribution in [-0.4, -0.2) is 17.8 Å². The lowest BCUT2D eigenvalue weighted by atomic mass is 9.95. The molecular formula is C21H22N2O3. The normalized spacial score (nSPS) is 12.0. The second-order valence-corrected chi connectivity index (χ2v) is 7.05. The average molecular weight is 350 g/mol. The Hall–Kier alpha value is -3.13. The maximum atomic E-state index is 12.5. The third-order valence-electron chi connectivity index (χ3n) is 3.75. The third-order valence-corrected chi connectivity index (χ3v) is 3.75. The van der Waals surface area contributed by atoms with E-state index in [0.717, 1.165) is 0 Å². The first kappa shape index (κ1) is 19.2. The zero-order valence-corrected chi connectivity index (χ0v) is 15.4. The molecule has 0 saturated heterocycles. The molecule has 1 N–H and O–H groups in total. The fraction of sp³-hybridized carbons (Fsp3) is 0.286. The SMILES string of the molecule is C[C@H](Oc1cccc(C#N)c1)C(=O)c1ccc(NC(=O)C(C)(C)C)cc1. The summed E-state index contributed by atoms with van der Waals surface area (Å²) in [6.07, 6.45) is -0.695. The predicted octanol–water partition coefficient (Wildman–Crippen LogP) is 4.19. The number of nitriles is 1. The van der Waals surface area contributed by atoms with Crippen molar-refractivity contribution >= 4 is 17.4 Å². The summed E-state index contributed by atoms with van der Waals surface area (Å²) in [5, 5.41) is 11.7. The van der Waals surface area contributed by atoms with E-state index in [1.165, 1.54) is 0 Å². The summed E-state index contributed by atoms with van der Waals surface area (Å²) in [7, 11) is 0. The van der Waals surface area contributed by atoms with Crippen LogP contribution >= 0.6 is 0 Å². The van der Waals surface area contributed by atoms with Crippen LogP contribution in [0.3, 0.4) is 0 Å². The van der Waals surface area contributed by atoms with Gasteiger partial charge in [0.1, 0.15) is 5.75 Å². The largest absolute Gasteiger partial charge is 0.483 e.